The van der Waals surface area contributed by atoms with E-state index >= 15 is 0 Å². The summed E-state index contributed by atoms with van der Waals surface area (Å²) in [5, 5.41) is 3.43. The van der Waals surface area contributed by atoms with Crippen molar-refractivity contribution in [3.8, 4) is 0 Å². The highest BCUT2D eigenvalue weighted by Gasteiger charge is 2.49. The Morgan fingerprint density at radius 2 is 1.90 bits per heavy atom. The lowest BCUT2D eigenvalue weighted by atomic mass is 10.0. The molecule has 3 rings (SSSR count). The normalized spacial score (nSPS) is 24.9. The van der Waals surface area contributed by atoms with Gasteiger partial charge in [0, 0.05) is 18.4 Å². The van der Waals surface area contributed by atoms with E-state index in [0.717, 1.165) is 18.2 Å². The molecule has 110 valence electrons. The van der Waals surface area contributed by atoms with E-state index in [1.165, 1.54) is 41.4 Å². The largest absolute Gasteiger partial charge is 0.369 e. The van der Waals surface area contributed by atoms with Gasteiger partial charge in [-0.3, -0.25) is 0 Å². The third-order valence-electron chi connectivity index (χ3n) is 4.81. The smallest absolute Gasteiger partial charge is 0.143 e. The van der Waals surface area contributed by atoms with Gasteiger partial charge in [0.05, 0.1) is 9.26 Å². The molecule has 0 spiro atoms. The van der Waals surface area contributed by atoms with Crippen molar-refractivity contribution < 1.29 is 0 Å². The van der Waals surface area contributed by atoms with E-state index in [-0.39, 0.29) is 0 Å². The minimum atomic E-state index is 0.392. The van der Waals surface area contributed by atoms with Gasteiger partial charge in [-0.2, -0.15) is 0 Å². The summed E-state index contributed by atoms with van der Waals surface area (Å²) < 4.78 is 1.25. The minimum Gasteiger partial charge on any atom is -0.369 e. The molecule has 1 N–H and O–H groups in total. The quantitative estimate of drug-likeness (QED) is 0.765. The predicted molar refractivity (Wildman–Crippen MR) is 91.3 cm³/mol. The maximum absolute atomic E-state index is 5.00. The maximum atomic E-state index is 5.00. The molecular weight excluding hydrogens is 361 g/mol. The Morgan fingerprint density at radius 1 is 1.25 bits per heavy atom. The van der Waals surface area contributed by atoms with Gasteiger partial charge in [-0.15, -0.1) is 0 Å². The highest BCUT2D eigenvalue weighted by atomic mass is 127. The molecule has 0 aliphatic heterocycles. The Balaban J connectivity index is 1.98. The van der Waals surface area contributed by atoms with Gasteiger partial charge in [-0.05, 0) is 54.2 Å². The first-order valence-corrected chi connectivity index (χ1v) is 8.92. The minimum absolute atomic E-state index is 0.392. The molecule has 0 bridgehead atoms. The standard InChI is InChI=1S/C16H24IN3/c1-4-18-15-12(17)13(10-7-5-6-8-10)19-14(20-15)11-9-16(11,2)3/h10-11H,4-9H2,1-3H3,(H,18,19,20). The molecule has 1 aromatic rings. The van der Waals surface area contributed by atoms with Crippen LogP contribution in [0.5, 0.6) is 0 Å². The third kappa shape index (κ3) is 2.68. The molecule has 0 radical (unpaired) electrons. The van der Waals surface area contributed by atoms with Gasteiger partial charge >= 0.3 is 0 Å². The third-order valence-corrected chi connectivity index (χ3v) is 5.87. The van der Waals surface area contributed by atoms with E-state index in [4.69, 9.17) is 9.97 Å². The second-order valence-corrected chi connectivity index (χ2v) is 7.97. The highest BCUT2D eigenvalue weighted by Crippen LogP contribution is 2.58. The Hall–Kier alpha value is -0.390. The first-order chi connectivity index (χ1) is 9.53. The number of halogens is 1. The summed E-state index contributed by atoms with van der Waals surface area (Å²) in [6.45, 7) is 7.70. The summed E-state index contributed by atoms with van der Waals surface area (Å²) in [7, 11) is 0. The fourth-order valence-corrected chi connectivity index (χ4v) is 4.17. The molecule has 1 aromatic heterocycles. The van der Waals surface area contributed by atoms with Crippen LogP contribution in [-0.2, 0) is 0 Å². The molecule has 2 fully saturated rings. The fraction of sp³-hybridized carbons (Fsp3) is 0.750. The number of nitrogens with zero attached hydrogens (tertiary/aromatic N) is 2. The molecule has 0 saturated heterocycles. The molecule has 0 amide bonds. The van der Waals surface area contributed by atoms with Gasteiger partial charge in [0.1, 0.15) is 11.6 Å². The van der Waals surface area contributed by atoms with Crippen molar-refractivity contribution in [1.82, 2.24) is 9.97 Å². The average Bonchev–Trinajstić information content (AvgIpc) is 2.83. The van der Waals surface area contributed by atoms with Crippen LogP contribution >= 0.6 is 22.6 Å². The van der Waals surface area contributed by atoms with Crippen molar-refractivity contribution in [3.05, 3.63) is 15.1 Å². The first kappa shape index (κ1) is 14.5. The number of hydrogen-bond acceptors (Lipinski definition) is 3. The van der Waals surface area contributed by atoms with Crippen molar-refractivity contribution in [2.75, 3.05) is 11.9 Å². The summed E-state index contributed by atoms with van der Waals surface area (Å²) in [5.74, 6) is 3.34. The van der Waals surface area contributed by atoms with E-state index in [2.05, 4.69) is 48.7 Å². The first-order valence-electron chi connectivity index (χ1n) is 7.84. The van der Waals surface area contributed by atoms with Crippen LogP contribution in [0.2, 0.25) is 0 Å². The molecule has 20 heavy (non-hydrogen) atoms. The van der Waals surface area contributed by atoms with E-state index in [1.54, 1.807) is 0 Å². The molecule has 1 heterocycles. The van der Waals surface area contributed by atoms with E-state index in [9.17, 15) is 0 Å². The van der Waals surface area contributed by atoms with Crippen LogP contribution in [0.15, 0.2) is 0 Å². The summed E-state index contributed by atoms with van der Waals surface area (Å²) in [6, 6.07) is 0. The number of anilines is 1. The van der Waals surface area contributed by atoms with Crippen LogP contribution < -0.4 is 5.32 Å². The van der Waals surface area contributed by atoms with Crippen LogP contribution in [0.25, 0.3) is 0 Å². The lowest BCUT2D eigenvalue weighted by Crippen LogP contribution is -2.12. The Kier molecular flexibility index (Phi) is 3.95. The molecule has 2 aliphatic carbocycles. The zero-order valence-electron chi connectivity index (χ0n) is 12.7. The summed E-state index contributed by atoms with van der Waals surface area (Å²) in [4.78, 5) is 9.82. The SMILES string of the molecule is CCNc1nc(C2CC2(C)C)nc(C2CCCC2)c1I. The second-order valence-electron chi connectivity index (χ2n) is 6.89. The fourth-order valence-electron chi connectivity index (χ4n) is 3.30. The van der Waals surface area contributed by atoms with Gasteiger partial charge in [-0.1, -0.05) is 26.7 Å². The molecule has 0 aromatic carbocycles. The van der Waals surface area contributed by atoms with Crippen LogP contribution in [0.1, 0.15) is 76.2 Å². The molecule has 4 heteroatoms. The lowest BCUT2D eigenvalue weighted by molar-refractivity contribution is 0.600. The van der Waals surface area contributed by atoms with Crippen LogP contribution in [0.4, 0.5) is 5.82 Å². The van der Waals surface area contributed by atoms with Crippen molar-refractivity contribution >= 4 is 28.4 Å². The number of aromatic nitrogens is 2. The lowest BCUT2D eigenvalue weighted by Gasteiger charge is -2.16. The van der Waals surface area contributed by atoms with Gasteiger partial charge in [0.2, 0.25) is 0 Å². The molecule has 2 saturated carbocycles. The monoisotopic (exact) mass is 385 g/mol. The van der Waals surface area contributed by atoms with E-state index < -0.39 is 0 Å². The highest BCUT2D eigenvalue weighted by molar-refractivity contribution is 14.1. The summed E-state index contributed by atoms with van der Waals surface area (Å²) in [5.41, 5.74) is 1.70. The van der Waals surface area contributed by atoms with Gasteiger partial charge in [-0.25, -0.2) is 9.97 Å². The molecular formula is C16H24IN3. The predicted octanol–water partition coefficient (Wildman–Crippen LogP) is 4.68. The van der Waals surface area contributed by atoms with Crippen molar-refractivity contribution in [3.63, 3.8) is 0 Å². The molecule has 1 unspecified atom stereocenters. The van der Waals surface area contributed by atoms with Crippen LogP contribution in [0.3, 0.4) is 0 Å². The van der Waals surface area contributed by atoms with Gasteiger partial charge in [0.25, 0.3) is 0 Å². The van der Waals surface area contributed by atoms with Crippen LogP contribution in [-0.4, -0.2) is 16.5 Å². The zero-order valence-corrected chi connectivity index (χ0v) is 14.8. The van der Waals surface area contributed by atoms with Gasteiger partial charge in [0.15, 0.2) is 0 Å². The average molecular weight is 385 g/mol. The van der Waals surface area contributed by atoms with Crippen LogP contribution in [0, 0.1) is 8.99 Å². The van der Waals surface area contributed by atoms with Crippen molar-refractivity contribution in [2.45, 2.75) is 64.7 Å². The molecule has 1 atom stereocenters. The Morgan fingerprint density at radius 3 is 2.45 bits per heavy atom. The maximum Gasteiger partial charge on any atom is 0.143 e. The molecule has 2 aliphatic rings. The Bertz CT molecular complexity index is 507. The summed E-state index contributed by atoms with van der Waals surface area (Å²) in [6.07, 6.45) is 6.53. The van der Waals surface area contributed by atoms with Crippen molar-refractivity contribution in [2.24, 2.45) is 5.41 Å². The second kappa shape index (κ2) is 5.43. The number of rotatable bonds is 4. The molecule has 3 nitrogen and oxygen atoms in total. The van der Waals surface area contributed by atoms with Crippen molar-refractivity contribution in [1.29, 1.82) is 0 Å². The number of nitrogens with one attached hydrogen (secondary N) is 1. The zero-order chi connectivity index (χ0) is 14.3. The Labute approximate surface area is 135 Å². The van der Waals surface area contributed by atoms with E-state index in [0.29, 0.717) is 17.3 Å². The topological polar surface area (TPSA) is 37.8 Å². The van der Waals surface area contributed by atoms with Gasteiger partial charge < -0.3 is 5.32 Å². The summed E-state index contributed by atoms with van der Waals surface area (Å²) >= 11 is 2.44. The number of hydrogen-bond donors (Lipinski definition) is 1. The van der Waals surface area contributed by atoms with E-state index in [1.807, 2.05) is 0 Å².